The van der Waals surface area contributed by atoms with Crippen molar-refractivity contribution in [3.8, 4) is 11.5 Å². The third-order valence-electron chi connectivity index (χ3n) is 5.03. The van der Waals surface area contributed by atoms with Crippen molar-refractivity contribution in [2.45, 2.75) is 18.4 Å². The molecule has 3 aromatic carbocycles. The molecule has 180 valence electrons. The molecule has 3 rings (SSSR count). The molecule has 0 heterocycles. The first-order valence-corrected chi connectivity index (χ1v) is 12.4. The summed E-state index contributed by atoms with van der Waals surface area (Å²) in [7, 11) is -1.15. The van der Waals surface area contributed by atoms with Crippen molar-refractivity contribution in [3.05, 3.63) is 81.8 Å². The van der Waals surface area contributed by atoms with Crippen molar-refractivity contribution < 1.29 is 22.7 Å². The second-order valence-corrected chi connectivity index (χ2v) is 10.2. The number of sulfonamides is 1. The molecular formula is C24H24Cl2N2O5S. The van der Waals surface area contributed by atoms with Crippen LogP contribution in [0.1, 0.15) is 11.1 Å². The topological polar surface area (TPSA) is 84.9 Å². The van der Waals surface area contributed by atoms with Gasteiger partial charge in [-0.3, -0.25) is 4.79 Å². The van der Waals surface area contributed by atoms with E-state index < -0.39 is 22.5 Å². The smallest absolute Gasteiger partial charge is 0.243 e. The molecule has 10 heteroatoms. The lowest BCUT2D eigenvalue weighted by Crippen LogP contribution is -2.37. The van der Waals surface area contributed by atoms with Gasteiger partial charge < -0.3 is 14.8 Å². The zero-order valence-electron chi connectivity index (χ0n) is 18.8. The average molecular weight is 523 g/mol. The van der Waals surface area contributed by atoms with Gasteiger partial charge in [0, 0.05) is 23.7 Å². The number of methoxy groups -OCH3 is 2. The first kappa shape index (κ1) is 25.8. The summed E-state index contributed by atoms with van der Waals surface area (Å²) in [5.41, 5.74) is 1.77. The van der Waals surface area contributed by atoms with E-state index in [1.54, 1.807) is 36.4 Å². The second kappa shape index (κ2) is 11.1. The molecular weight excluding hydrogens is 499 g/mol. The summed E-state index contributed by atoms with van der Waals surface area (Å²) in [4.78, 5) is 13.1. The molecule has 0 aliphatic heterocycles. The van der Waals surface area contributed by atoms with Crippen LogP contribution in [0.3, 0.4) is 0 Å². The fourth-order valence-corrected chi connectivity index (χ4v) is 5.01. The predicted molar refractivity (Wildman–Crippen MR) is 133 cm³/mol. The number of hydrogen-bond donors (Lipinski definition) is 1. The molecule has 0 radical (unpaired) electrons. The van der Waals surface area contributed by atoms with E-state index in [2.05, 4.69) is 5.32 Å². The van der Waals surface area contributed by atoms with Gasteiger partial charge in [0.1, 0.15) is 11.5 Å². The van der Waals surface area contributed by atoms with Crippen molar-refractivity contribution in [2.75, 3.05) is 26.1 Å². The number of halogens is 2. The fourth-order valence-electron chi connectivity index (χ4n) is 3.21. The second-order valence-electron chi connectivity index (χ2n) is 7.41. The van der Waals surface area contributed by atoms with Crippen LogP contribution in [0.5, 0.6) is 11.5 Å². The van der Waals surface area contributed by atoms with Gasteiger partial charge in [-0.15, -0.1) is 0 Å². The highest BCUT2D eigenvalue weighted by atomic mass is 35.5. The van der Waals surface area contributed by atoms with Crippen molar-refractivity contribution >= 4 is 44.8 Å². The SMILES string of the molecule is COc1cc(NC(=O)CN(Cc2ccccc2Cl)S(=O)(=O)c2ccc(C)cc2)c(OC)cc1Cl. The van der Waals surface area contributed by atoms with E-state index >= 15 is 0 Å². The number of carbonyl (C=O) groups excluding carboxylic acids is 1. The highest BCUT2D eigenvalue weighted by Gasteiger charge is 2.28. The average Bonchev–Trinajstić information content (AvgIpc) is 2.81. The monoisotopic (exact) mass is 522 g/mol. The normalized spacial score (nSPS) is 11.4. The number of nitrogens with zero attached hydrogens (tertiary/aromatic N) is 1. The summed E-state index contributed by atoms with van der Waals surface area (Å²) < 4.78 is 38.5. The number of aryl methyl sites for hydroxylation is 1. The van der Waals surface area contributed by atoms with Gasteiger partial charge >= 0.3 is 0 Å². The number of hydrogen-bond acceptors (Lipinski definition) is 5. The largest absolute Gasteiger partial charge is 0.495 e. The third kappa shape index (κ3) is 6.01. The minimum Gasteiger partial charge on any atom is -0.495 e. The summed E-state index contributed by atoms with van der Waals surface area (Å²) in [6.07, 6.45) is 0. The molecule has 1 N–H and O–H groups in total. The van der Waals surface area contributed by atoms with Crippen LogP contribution < -0.4 is 14.8 Å². The van der Waals surface area contributed by atoms with Gasteiger partial charge in [0.2, 0.25) is 15.9 Å². The van der Waals surface area contributed by atoms with Crippen LogP contribution in [-0.4, -0.2) is 39.4 Å². The van der Waals surface area contributed by atoms with Crippen molar-refractivity contribution in [2.24, 2.45) is 0 Å². The molecule has 0 aliphatic carbocycles. The van der Waals surface area contributed by atoms with Crippen LogP contribution in [0, 0.1) is 6.92 Å². The molecule has 0 saturated carbocycles. The molecule has 0 saturated heterocycles. The number of ether oxygens (including phenoxy) is 2. The zero-order chi connectivity index (χ0) is 24.9. The van der Waals surface area contributed by atoms with E-state index in [9.17, 15) is 13.2 Å². The maximum Gasteiger partial charge on any atom is 0.243 e. The summed E-state index contributed by atoms with van der Waals surface area (Å²) in [5.74, 6) is 0.0570. The molecule has 1 amide bonds. The van der Waals surface area contributed by atoms with Crippen LogP contribution in [-0.2, 0) is 21.4 Å². The Hall–Kier alpha value is -2.78. The van der Waals surface area contributed by atoms with Crippen LogP contribution in [0.15, 0.2) is 65.6 Å². The summed E-state index contributed by atoms with van der Waals surface area (Å²) in [6.45, 7) is 1.30. The lowest BCUT2D eigenvalue weighted by Gasteiger charge is -2.23. The molecule has 7 nitrogen and oxygen atoms in total. The Kier molecular flexibility index (Phi) is 8.43. The molecule has 0 aliphatic rings. The highest BCUT2D eigenvalue weighted by Crippen LogP contribution is 2.36. The Balaban J connectivity index is 1.93. The van der Waals surface area contributed by atoms with Crippen molar-refractivity contribution in [3.63, 3.8) is 0 Å². The van der Waals surface area contributed by atoms with E-state index in [0.29, 0.717) is 32.8 Å². The molecule has 3 aromatic rings. The van der Waals surface area contributed by atoms with Gasteiger partial charge in [0.25, 0.3) is 0 Å². The van der Waals surface area contributed by atoms with E-state index in [0.717, 1.165) is 9.87 Å². The summed E-state index contributed by atoms with van der Waals surface area (Å²) in [5, 5.41) is 3.39. The maximum atomic E-state index is 13.5. The quantitative estimate of drug-likeness (QED) is 0.420. The van der Waals surface area contributed by atoms with Gasteiger partial charge in [-0.2, -0.15) is 4.31 Å². The number of carbonyl (C=O) groups is 1. The molecule has 0 unspecified atom stereocenters. The highest BCUT2D eigenvalue weighted by molar-refractivity contribution is 7.89. The number of benzene rings is 3. The Morgan fingerprint density at radius 1 is 0.941 bits per heavy atom. The van der Waals surface area contributed by atoms with Crippen molar-refractivity contribution in [1.82, 2.24) is 4.31 Å². The van der Waals surface area contributed by atoms with Gasteiger partial charge in [-0.25, -0.2) is 8.42 Å². The van der Waals surface area contributed by atoms with E-state index in [-0.39, 0.29) is 11.4 Å². The van der Waals surface area contributed by atoms with E-state index in [4.69, 9.17) is 32.7 Å². The van der Waals surface area contributed by atoms with Gasteiger partial charge in [-0.05, 0) is 30.7 Å². The molecule has 0 aromatic heterocycles. The number of rotatable bonds is 9. The Morgan fingerprint density at radius 2 is 1.59 bits per heavy atom. The lowest BCUT2D eigenvalue weighted by atomic mass is 10.2. The Labute approximate surface area is 209 Å². The van der Waals surface area contributed by atoms with Crippen LogP contribution in [0.25, 0.3) is 0 Å². The molecule has 0 fully saturated rings. The minimum atomic E-state index is -4.02. The Morgan fingerprint density at radius 3 is 2.21 bits per heavy atom. The molecule has 0 atom stereocenters. The van der Waals surface area contributed by atoms with Crippen LogP contribution >= 0.6 is 23.2 Å². The van der Waals surface area contributed by atoms with E-state index in [1.807, 2.05) is 6.92 Å². The lowest BCUT2D eigenvalue weighted by molar-refractivity contribution is -0.116. The Bertz CT molecular complexity index is 1280. The first-order valence-electron chi connectivity index (χ1n) is 10.2. The van der Waals surface area contributed by atoms with Gasteiger partial charge in [-0.1, -0.05) is 59.1 Å². The zero-order valence-corrected chi connectivity index (χ0v) is 21.2. The third-order valence-corrected chi connectivity index (χ3v) is 7.50. The van der Waals surface area contributed by atoms with Gasteiger partial charge in [0.15, 0.2) is 0 Å². The van der Waals surface area contributed by atoms with Crippen LogP contribution in [0.2, 0.25) is 10.0 Å². The molecule has 0 spiro atoms. The summed E-state index contributed by atoms with van der Waals surface area (Å²) >= 11 is 12.4. The summed E-state index contributed by atoms with van der Waals surface area (Å²) in [6, 6.07) is 16.3. The van der Waals surface area contributed by atoms with E-state index in [1.165, 1.54) is 38.5 Å². The maximum absolute atomic E-state index is 13.5. The van der Waals surface area contributed by atoms with Crippen LogP contribution in [0.4, 0.5) is 5.69 Å². The molecule has 0 bridgehead atoms. The number of nitrogens with one attached hydrogen (secondary N) is 1. The first-order chi connectivity index (χ1) is 16.1. The van der Waals surface area contributed by atoms with Gasteiger partial charge in [0.05, 0.1) is 36.4 Å². The molecule has 34 heavy (non-hydrogen) atoms. The number of anilines is 1. The minimum absolute atomic E-state index is 0.0729. The standard InChI is InChI=1S/C24H24Cl2N2O5S/c1-16-8-10-18(11-9-16)34(30,31)28(14-17-6-4-5-7-19(17)25)15-24(29)27-21-13-22(32-2)20(26)12-23(21)33-3/h4-13H,14-15H2,1-3H3,(H,27,29). The fraction of sp³-hybridized carbons (Fsp3) is 0.208. The number of amides is 1. The van der Waals surface area contributed by atoms with Crippen molar-refractivity contribution in [1.29, 1.82) is 0 Å². The predicted octanol–water partition coefficient (Wildman–Crippen LogP) is 5.15.